The van der Waals surface area contributed by atoms with Gasteiger partial charge < -0.3 is 15.4 Å². The first-order valence-electron chi connectivity index (χ1n) is 7.33. The Kier molecular flexibility index (Phi) is 3.03. The lowest BCUT2D eigenvalue weighted by Gasteiger charge is -2.24. The minimum absolute atomic E-state index is 0.0199. The summed E-state index contributed by atoms with van der Waals surface area (Å²) < 4.78 is 5.69. The van der Waals surface area contributed by atoms with E-state index in [0.29, 0.717) is 10.8 Å². The highest BCUT2D eigenvalue weighted by Gasteiger charge is 2.46. The molecule has 0 unspecified atom stereocenters. The van der Waals surface area contributed by atoms with Gasteiger partial charge in [-0.25, -0.2) is 4.98 Å². The van der Waals surface area contributed by atoms with Crippen LogP contribution in [-0.2, 0) is 10.2 Å². The minimum atomic E-state index is 0.0199. The third kappa shape index (κ3) is 1.96. The Labute approximate surface area is 134 Å². The molecule has 0 aliphatic carbocycles. The van der Waals surface area contributed by atoms with E-state index < -0.39 is 0 Å². The third-order valence-electron chi connectivity index (χ3n) is 4.58. The van der Waals surface area contributed by atoms with Gasteiger partial charge in [-0.2, -0.15) is 4.98 Å². The standard InChI is InChI=1S/C16H17ClN4O/c1-10-2-3-11-13(6-10)21(8-16(11)4-5-22-9-16)14-12(17)7-19-15(18)20-14/h2-3,6-7H,4-5,8-9H2,1H3,(H2,18,19,20)/t16-/m0/s1. The summed E-state index contributed by atoms with van der Waals surface area (Å²) in [7, 11) is 0. The summed E-state index contributed by atoms with van der Waals surface area (Å²) in [5.74, 6) is 0.905. The van der Waals surface area contributed by atoms with Gasteiger partial charge in [-0.3, -0.25) is 0 Å². The molecule has 0 bridgehead atoms. The number of halogens is 1. The zero-order valence-corrected chi connectivity index (χ0v) is 13.1. The van der Waals surface area contributed by atoms with Gasteiger partial charge in [0.1, 0.15) is 5.02 Å². The lowest BCUT2D eigenvalue weighted by molar-refractivity contribution is 0.180. The Bertz CT molecular complexity index is 743. The van der Waals surface area contributed by atoms with Gasteiger partial charge in [-0.1, -0.05) is 23.7 Å². The van der Waals surface area contributed by atoms with Crippen molar-refractivity contribution >= 4 is 29.1 Å². The van der Waals surface area contributed by atoms with Crippen molar-refractivity contribution in [2.24, 2.45) is 0 Å². The second kappa shape index (κ2) is 4.83. The maximum atomic E-state index is 6.32. The lowest BCUT2D eigenvalue weighted by Crippen LogP contribution is -2.32. The first-order valence-corrected chi connectivity index (χ1v) is 7.71. The highest BCUT2D eigenvalue weighted by atomic mass is 35.5. The van der Waals surface area contributed by atoms with Crippen LogP contribution < -0.4 is 10.6 Å². The van der Waals surface area contributed by atoms with Crippen molar-refractivity contribution in [3.63, 3.8) is 0 Å². The van der Waals surface area contributed by atoms with E-state index in [1.54, 1.807) is 6.20 Å². The fraction of sp³-hybridized carbons (Fsp3) is 0.375. The Morgan fingerprint density at radius 1 is 1.41 bits per heavy atom. The Hall–Kier alpha value is -1.85. The second-order valence-corrected chi connectivity index (χ2v) is 6.50. The number of hydrogen-bond acceptors (Lipinski definition) is 5. The first kappa shape index (κ1) is 13.8. The molecule has 0 radical (unpaired) electrons. The van der Waals surface area contributed by atoms with Gasteiger partial charge in [-0.05, 0) is 30.5 Å². The van der Waals surface area contributed by atoms with Crippen LogP contribution in [0.25, 0.3) is 0 Å². The molecular weight excluding hydrogens is 300 g/mol. The number of nitrogens with two attached hydrogens (primary N) is 1. The van der Waals surface area contributed by atoms with E-state index in [0.717, 1.165) is 31.9 Å². The Balaban J connectivity index is 1.89. The molecule has 1 saturated heterocycles. The molecule has 2 aliphatic heterocycles. The van der Waals surface area contributed by atoms with E-state index in [1.165, 1.54) is 11.1 Å². The topological polar surface area (TPSA) is 64.3 Å². The summed E-state index contributed by atoms with van der Waals surface area (Å²) >= 11 is 6.32. The smallest absolute Gasteiger partial charge is 0.222 e. The van der Waals surface area contributed by atoms with Crippen molar-refractivity contribution in [1.82, 2.24) is 9.97 Å². The predicted molar refractivity (Wildman–Crippen MR) is 86.8 cm³/mol. The molecule has 0 amide bonds. The number of fused-ring (bicyclic) bond motifs is 2. The molecule has 4 rings (SSSR count). The number of nitrogens with zero attached hydrogens (tertiary/aromatic N) is 3. The Morgan fingerprint density at radius 3 is 3.05 bits per heavy atom. The zero-order valence-electron chi connectivity index (χ0n) is 12.3. The zero-order chi connectivity index (χ0) is 15.3. The fourth-order valence-electron chi connectivity index (χ4n) is 3.48. The van der Waals surface area contributed by atoms with Gasteiger partial charge in [0, 0.05) is 24.3 Å². The largest absolute Gasteiger partial charge is 0.380 e. The van der Waals surface area contributed by atoms with Gasteiger partial charge in [0.05, 0.1) is 12.8 Å². The van der Waals surface area contributed by atoms with Crippen molar-refractivity contribution in [3.05, 3.63) is 40.5 Å². The lowest BCUT2D eigenvalue weighted by atomic mass is 9.81. The van der Waals surface area contributed by atoms with Crippen LogP contribution in [0.3, 0.4) is 0 Å². The van der Waals surface area contributed by atoms with Crippen molar-refractivity contribution < 1.29 is 4.74 Å². The van der Waals surface area contributed by atoms with E-state index in [4.69, 9.17) is 22.1 Å². The monoisotopic (exact) mass is 316 g/mol. The highest BCUT2D eigenvalue weighted by molar-refractivity contribution is 6.33. The average molecular weight is 317 g/mol. The number of anilines is 3. The van der Waals surface area contributed by atoms with E-state index in [-0.39, 0.29) is 11.4 Å². The molecule has 2 aliphatic rings. The maximum absolute atomic E-state index is 6.32. The number of rotatable bonds is 1. The maximum Gasteiger partial charge on any atom is 0.222 e. The van der Waals surface area contributed by atoms with Gasteiger partial charge >= 0.3 is 0 Å². The van der Waals surface area contributed by atoms with Crippen molar-refractivity contribution in [3.8, 4) is 0 Å². The van der Waals surface area contributed by atoms with Crippen LogP contribution in [0.5, 0.6) is 0 Å². The molecule has 1 spiro atoms. The van der Waals surface area contributed by atoms with Gasteiger partial charge in [-0.15, -0.1) is 0 Å². The fourth-order valence-corrected chi connectivity index (χ4v) is 3.67. The number of aromatic nitrogens is 2. The summed E-state index contributed by atoms with van der Waals surface area (Å²) in [5.41, 5.74) is 9.44. The van der Waals surface area contributed by atoms with Crippen LogP contribution in [-0.4, -0.2) is 29.7 Å². The van der Waals surface area contributed by atoms with E-state index in [9.17, 15) is 0 Å². The van der Waals surface area contributed by atoms with E-state index in [2.05, 4.69) is 40.0 Å². The van der Waals surface area contributed by atoms with E-state index in [1.807, 2.05) is 0 Å². The SMILES string of the molecule is Cc1ccc2c(c1)N(c1nc(N)ncc1Cl)C[C@]21CCOC1. The highest BCUT2D eigenvalue weighted by Crippen LogP contribution is 2.49. The van der Waals surface area contributed by atoms with Crippen molar-refractivity contribution in [2.45, 2.75) is 18.8 Å². The normalized spacial score (nSPS) is 23.3. The van der Waals surface area contributed by atoms with Gasteiger partial charge in [0.25, 0.3) is 0 Å². The molecule has 0 saturated carbocycles. The van der Waals surface area contributed by atoms with Crippen LogP contribution >= 0.6 is 11.6 Å². The van der Waals surface area contributed by atoms with Crippen LogP contribution in [0.15, 0.2) is 24.4 Å². The Morgan fingerprint density at radius 2 is 2.27 bits per heavy atom. The molecule has 1 fully saturated rings. The van der Waals surface area contributed by atoms with Crippen molar-refractivity contribution in [2.75, 3.05) is 30.4 Å². The van der Waals surface area contributed by atoms with E-state index >= 15 is 0 Å². The predicted octanol–water partition coefficient (Wildman–Crippen LogP) is 2.83. The summed E-state index contributed by atoms with van der Waals surface area (Å²) in [6, 6.07) is 6.53. The molecule has 3 heterocycles. The summed E-state index contributed by atoms with van der Waals surface area (Å²) in [5, 5.41) is 0.512. The van der Waals surface area contributed by atoms with Crippen LogP contribution in [0, 0.1) is 6.92 Å². The van der Waals surface area contributed by atoms with Gasteiger partial charge in [0.2, 0.25) is 5.95 Å². The van der Waals surface area contributed by atoms with Crippen LogP contribution in [0.2, 0.25) is 5.02 Å². The second-order valence-electron chi connectivity index (χ2n) is 6.09. The number of aryl methyl sites for hydroxylation is 1. The molecule has 2 aromatic rings. The third-order valence-corrected chi connectivity index (χ3v) is 4.85. The molecular formula is C16H17ClN4O. The molecule has 5 nitrogen and oxygen atoms in total. The number of nitrogen functional groups attached to an aromatic ring is 1. The van der Waals surface area contributed by atoms with Crippen LogP contribution in [0.4, 0.5) is 17.5 Å². The average Bonchev–Trinajstić information content (AvgIpc) is 3.08. The van der Waals surface area contributed by atoms with Crippen molar-refractivity contribution in [1.29, 1.82) is 0 Å². The quantitative estimate of drug-likeness (QED) is 0.876. The molecule has 1 aromatic carbocycles. The molecule has 2 N–H and O–H groups in total. The summed E-state index contributed by atoms with van der Waals surface area (Å²) in [6.07, 6.45) is 2.57. The summed E-state index contributed by atoms with van der Waals surface area (Å²) in [4.78, 5) is 10.5. The molecule has 1 aromatic heterocycles. The van der Waals surface area contributed by atoms with Crippen LogP contribution in [0.1, 0.15) is 17.5 Å². The summed E-state index contributed by atoms with van der Waals surface area (Å²) in [6.45, 7) is 4.42. The molecule has 6 heteroatoms. The number of hydrogen-bond donors (Lipinski definition) is 1. The molecule has 22 heavy (non-hydrogen) atoms. The minimum Gasteiger partial charge on any atom is -0.380 e. The molecule has 1 atom stereocenters. The first-order chi connectivity index (χ1) is 10.6. The number of benzene rings is 1. The molecule has 114 valence electrons. The van der Waals surface area contributed by atoms with Gasteiger partial charge in [0.15, 0.2) is 5.82 Å². The number of ether oxygens (including phenoxy) is 1.